The Hall–Kier alpha value is -3.16. The van der Waals surface area contributed by atoms with Gasteiger partial charge in [-0.25, -0.2) is 4.39 Å². The van der Waals surface area contributed by atoms with Crippen LogP contribution in [0, 0.1) is 17.1 Å². The van der Waals surface area contributed by atoms with Gasteiger partial charge in [0.05, 0.1) is 33.2 Å². The van der Waals surface area contributed by atoms with E-state index >= 15 is 4.39 Å². The average molecular weight is 648 g/mol. The molecule has 0 unspecified atom stereocenters. The van der Waals surface area contributed by atoms with Crippen molar-refractivity contribution in [3.05, 3.63) is 85.6 Å². The highest BCUT2D eigenvalue weighted by molar-refractivity contribution is 9.10. The van der Waals surface area contributed by atoms with E-state index < -0.39 is 11.7 Å². The summed E-state index contributed by atoms with van der Waals surface area (Å²) in [5, 5.41) is 15.4. The molecule has 7 nitrogen and oxygen atoms in total. The number of nitriles is 1. The number of carbonyl (C=O) groups is 2. The Kier molecular flexibility index (Phi) is 9.37. The van der Waals surface area contributed by atoms with Gasteiger partial charge in [0.2, 0.25) is 5.91 Å². The third-order valence-electron chi connectivity index (χ3n) is 6.71. The maximum absolute atomic E-state index is 15.4. The molecule has 0 bridgehead atoms. The van der Waals surface area contributed by atoms with Crippen LogP contribution in [0.4, 0.5) is 10.1 Å². The van der Waals surface area contributed by atoms with Gasteiger partial charge in [0.25, 0.3) is 5.91 Å². The van der Waals surface area contributed by atoms with E-state index in [1.165, 1.54) is 30.3 Å². The summed E-state index contributed by atoms with van der Waals surface area (Å²) in [5.41, 5.74) is 0.711. The lowest BCUT2D eigenvalue weighted by Crippen LogP contribution is -2.52. The molecule has 4 rings (SSSR count). The maximum Gasteiger partial charge on any atom is 0.251 e. The Labute approximate surface area is 250 Å². The van der Waals surface area contributed by atoms with Crippen LogP contribution in [-0.2, 0) is 11.2 Å². The fourth-order valence-corrected chi connectivity index (χ4v) is 5.16. The molecule has 2 amide bonds. The van der Waals surface area contributed by atoms with E-state index in [2.05, 4.69) is 38.5 Å². The standard InChI is InChI=1S/C29H26BrCl2FN4O3/c1-29(7-9-37(2)10-8-29)36-28(39)19-4-6-24(23(32)13-19)35-25(38)14-18-3-5-22(30)27(26(18)33)40-21-12-17(16-34)11-20(31)15-21/h3-6,11-13,15H,7-10,14H2,1-2H3,(H,35,38)(H,36,39). The van der Waals surface area contributed by atoms with Crippen molar-refractivity contribution in [3.63, 3.8) is 0 Å². The van der Waals surface area contributed by atoms with Crippen molar-refractivity contribution >= 4 is 56.6 Å². The number of rotatable bonds is 7. The molecule has 1 heterocycles. The van der Waals surface area contributed by atoms with Crippen LogP contribution in [0.1, 0.15) is 41.3 Å². The average Bonchev–Trinajstić information content (AvgIpc) is 2.90. The number of nitrogens with zero attached hydrogens (tertiary/aromatic N) is 2. The first-order chi connectivity index (χ1) is 19.0. The van der Waals surface area contributed by atoms with Gasteiger partial charge >= 0.3 is 0 Å². The van der Waals surface area contributed by atoms with Crippen LogP contribution < -0.4 is 15.4 Å². The smallest absolute Gasteiger partial charge is 0.251 e. The first-order valence-electron chi connectivity index (χ1n) is 12.4. The molecular formula is C29H26BrCl2FN4O3. The second-order valence-electron chi connectivity index (χ2n) is 9.98. The van der Waals surface area contributed by atoms with Crippen molar-refractivity contribution in [2.45, 2.75) is 31.7 Å². The van der Waals surface area contributed by atoms with Crippen molar-refractivity contribution in [2.24, 2.45) is 0 Å². The third kappa shape index (κ3) is 7.32. The zero-order valence-corrected chi connectivity index (χ0v) is 24.9. The van der Waals surface area contributed by atoms with Crippen LogP contribution >= 0.6 is 39.1 Å². The summed E-state index contributed by atoms with van der Waals surface area (Å²) < 4.78 is 21.4. The molecule has 0 spiro atoms. The minimum absolute atomic E-state index is 0.0803. The Bertz CT molecular complexity index is 1500. The van der Waals surface area contributed by atoms with Crippen molar-refractivity contribution < 1.29 is 18.7 Å². The molecule has 2 N–H and O–H groups in total. The van der Waals surface area contributed by atoms with Crippen molar-refractivity contribution in [1.82, 2.24) is 10.2 Å². The number of halogens is 4. The Morgan fingerprint density at radius 2 is 1.88 bits per heavy atom. The van der Waals surface area contributed by atoms with E-state index in [1.54, 1.807) is 18.2 Å². The molecule has 1 saturated heterocycles. The number of ether oxygens (including phenoxy) is 1. The van der Waals surface area contributed by atoms with Crippen LogP contribution in [0.15, 0.2) is 53.0 Å². The Balaban J connectivity index is 1.43. The molecule has 3 aromatic carbocycles. The number of anilines is 1. The molecular weight excluding hydrogens is 622 g/mol. The first kappa shape index (κ1) is 29.8. The number of carbonyl (C=O) groups excluding carboxylic acids is 2. The van der Waals surface area contributed by atoms with Gasteiger partial charge in [-0.1, -0.05) is 29.3 Å². The van der Waals surface area contributed by atoms with Gasteiger partial charge in [-0.05, 0) is 85.2 Å². The molecule has 1 aliphatic rings. The molecule has 0 aromatic heterocycles. The SMILES string of the molecule is CN1CCC(C)(NC(=O)c2ccc(NC(=O)Cc3ccc(Br)c(Oc4cc(Cl)cc(C#N)c4)c3F)c(Cl)c2)CC1. The summed E-state index contributed by atoms with van der Waals surface area (Å²) in [5.74, 6) is -1.48. The summed E-state index contributed by atoms with van der Waals surface area (Å²) in [6.45, 7) is 3.83. The molecule has 0 atom stereocenters. The Morgan fingerprint density at radius 1 is 1.15 bits per heavy atom. The lowest BCUT2D eigenvalue weighted by molar-refractivity contribution is -0.115. The summed E-state index contributed by atoms with van der Waals surface area (Å²) in [6.07, 6.45) is 1.38. The fraction of sp³-hybridized carbons (Fsp3) is 0.276. The van der Waals surface area contributed by atoms with Crippen molar-refractivity contribution in [3.8, 4) is 17.6 Å². The van der Waals surface area contributed by atoms with Crippen LogP contribution in [0.25, 0.3) is 0 Å². The van der Waals surface area contributed by atoms with Crippen LogP contribution in [-0.4, -0.2) is 42.4 Å². The largest absolute Gasteiger partial charge is 0.453 e. The van der Waals surface area contributed by atoms with Crippen LogP contribution in [0.5, 0.6) is 11.5 Å². The van der Waals surface area contributed by atoms with E-state index in [9.17, 15) is 9.59 Å². The molecule has 11 heteroatoms. The number of nitrogens with one attached hydrogen (secondary N) is 2. The lowest BCUT2D eigenvalue weighted by atomic mass is 9.89. The first-order valence-corrected chi connectivity index (χ1v) is 14.0. The van der Waals surface area contributed by atoms with E-state index in [0.717, 1.165) is 25.9 Å². The predicted molar refractivity (Wildman–Crippen MR) is 157 cm³/mol. The minimum Gasteiger partial charge on any atom is -0.453 e. The van der Waals surface area contributed by atoms with Crippen molar-refractivity contribution in [1.29, 1.82) is 5.26 Å². The van der Waals surface area contributed by atoms with Gasteiger partial charge in [0.15, 0.2) is 11.6 Å². The maximum atomic E-state index is 15.4. The van der Waals surface area contributed by atoms with E-state index in [0.29, 0.717) is 15.7 Å². The van der Waals surface area contributed by atoms with Gasteiger partial charge < -0.3 is 20.3 Å². The molecule has 0 aliphatic carbocycles. The van der Waals surface area contributed by atoms with Gasteiger partial charge in [-0.3, -0.25) is 9.59 Å². The number of piperidine rings is 1. The lowest BCUT2D eigenvalue weighted by Gasteiger charge is -2.38. The number of likely N-dealkylation sites (tertiary alicyclic amines) is 1. The Morgan fingerprint density at radius 3 is 2.55 bits per heavy atom. The highest BCUT2D eigenvalue weighted by Gasteiger charge is 2.30. The van der Waals surface area contributed by atoms with Crippen LogP contribution in [0.2, 0.25) is 10.0 Å². The molecule has 0 saturated carbocycles. The number of benzene rings is 3. The van der Waals surface area contributed by atoms with E-state index in [1.807, 2.05) is 13.0 Å². The molecule has 1 aliphatic heterocycles. The summed E-state index contributed by atoms with van der Waals surface area (Å²) in [4.78, 5) is 27.9. The summed E-state index contributed by atoms with van der Waals surface area (Å²) in [6, 6.07) is 13.9. The zero-order chi connectivity index (χ0) is 29.0. The molecule has 208 valence electrons. The van der Waals surface area contributed by atoms with Gasteiger partial charge in [-0.15, -0.1) is 0 Å². The third-order valence-corrected chi connectivity index (χ3v) is 7.87. The number of hydrogen-bond acceptors (Lipinski definition) is 5. The van der Waals surface area contributed by atoms with Gasteiger partial charge in [0, 0.05) is 34.8 Å². The minimum atomic E-state index is -0.747. The predicted octanol–water partition coefficient (Wildman–Crippen LogP) is 6.95. The molecule has 40 heavy (non-hydrogen) atoms. The number of amides is 2. The highest BCUT2D eigenvalue weighted by atomic mass is 79.9. The van der Waals surface area contributed by atoms with E-state index in [4.69, 9.17) is 33.2 Å². The molecule has 0 radical (unpaired) electrons. The molecule has 1 fully saturated rings. The van der Waals surface area contributed by atoms with Gasteiger partial charge in [-0.2, -0.15) is 5.26 Å². The van der Waals surface area contributed by atoms with Crippen molar-refractivity contribution in [2.75, 3.05) is 25.5 Å². The topological polar surface area (TPSA) is 94.5 Å². The quantitative estimate of drug-likeness (QED) is 0.289. The monoisotopic (exact) mass is 646 g/mol. The number of hydrogen-bond donors (Lipinski definition) is 2. The second kappa shape index (κ2) is 12.6. The van der Waals surface area contributed by atoms with E-state index in [-0.39, 0.29) is 50.5 Å². The fourth-order valence-electron chi connectivity index (χ4n) is 4.32. The van der Waals surface area contributed by atoms with Crippen LogP contribution in [0.3, 0.4) is 0 Å². The summed E-state index contributed by atoms with van der Waals surface area (Å²) >= 11 is 15.7. The zero-order valence-electron chi connectivity index (χ0n) is 21.8. The summed E-state index contributed by atoms with van der Waals surface area (Å²) in [7, 11) is 2.05. The second-order valence-corrected chi connectivity index (χ2v) is 11.7. The highest BCUT2D eigenvalue weighted by Crippen LogP contribution is 2.36. The van der Waals surface area contributed by atoms with Gasteiger partial charge in [0.1, 0.15) is 5.75 Å². The normalized spacial score (nSPS) is 14.7. The molecule has 3 aromatic rings.